The molecule has 2 unspecified atom stereocenters. The van der Waals surface area contributed by atoms with Gasteiger partial charge in [0.25, 0.3) is 5.91 Å². The summed E-state index contributed by atoms with van der Waals surface area (Å²) < 4.78 is 15.4. The molecule has 0 rings (SSSR count). The van der Waals surface area contributed by atoms with Gasteiger partial charge in [-0.3, -0.25) is 14.9 Å². The molecule has 0 aromatic heterocycles. The molecule has 0 aliphatic rings. The van der Waals surface area contributed by atoms with Crippen molar-refractivity contribution in [2.45, 2.75) is 12.3 Å². The summed E-state index contributed by atoms with van der Waals surface area (Å²) in [6, 6.07) is 0. The standard InChI is InChI=1S/C13H23N2O9P/c1-15(5-4-10(17)14-8-16)11(7-23-3)24-9(6-22-2)12(18)13(19)25(20)21/h4-5,8-9,11,18-21H,6-7H2,1-3H3,(H,14,16,17)/b5-4-,13-12-. The first-order valence-electron chi connectivity index (χ1n) is 6.86. The van der Waals surface area contributed by atoms with Gasteiger partial charge in [-0.15, -0.1) is 0 Å². The molecule has 0 aliphatic heterocycles. The smallest absolute Gasteiger partial charge is 0.251 e. The number of hydrogen-bond acceptors (Lipinski definition) is 10. The van der Waals surface area contributed by atoms with Crippen LogP contribution >= 0.6 is 8.38 Å². The Bertz CT molecular complexity index is 484. The first-order chi connectivity index (χ1) is 11.8. The highest BCUT2D eigenvalue weighted by Gasteiger charge is 2.27. The lowest BCUT2D eigenvalue weighted by Gasteiger charge is -2.30. The molecular weight excluding hydrogens is 359 g/mol. The van der Waals surface area contributed by atoms with Crippen LogP contribution < -0.4 is 5.32 Å². The molecule has 25 heavy (non-hydrogen) atoms. The van der Waals surface area contributed by atoms with E-state index in [2.05, 4.69) is 0 Å². The molecule has 0 aromatic rings. The molecule has 0 saturated heterocycles. The fourth-order valence-electron chi connectivity index (χ4n) is 1.55. The van der Waals surface area contributed by atoms with E-state index < -0.39 is 37.9 Å². The molecule has 2 amide bonds. The molecule has 5 N–H and O–H groups in total. The number of aliphatic hydroxyl groups excluding tert-OH is 2. The Labute approximate surface area is 146 Å². The van der Waals surface area contributed by atoms with Gasteiger partial charge in [-0.25, -0.2) is 0 Å². The molecular formula is C13H23N2O9P. The van der Waals surface area contributed by atoms with Gasteiger partial charge < -0.3 is 39.1 Å². The summed E-state index contributed by atoms with van der Waals surface area (Å²) in [5, 5.41) is 21.3. The fraction of sp³-hybridized carbons (Fsp3) is 0.538. The van der Waals surface area contributed by atoms with Gasteiger partial charge in [0.2, 0.25) is 20.3 Å². The van der Waals surface area contributed by atoms with E-state index in [0.717, 1.165) is 6.08 Å². The number of nitrogens with zero attached hydrogens (tertiary/aromatic N) is 1. The van der Waals surface area contributed by atoms with Crippen molar-refractivity contribution in [2.75, 3.05) is 34.5 Å². The summed E-state index contributed by atoms with van der Waals surface area (Å²) in [7, 11) is 1.34. The number of likely N-dealkylation sites (N-methyl/N-ethyl adjacent to an activating group) is 1. The zero-order valence-electron chi connectivity index (χ0n) is 14.0. The monoisotopic (exact) mass is 382 g/mol. The molecule has 2 atom stereocenters. The van der Waals surface area contributed by atoms with Crippen LogP contribution in [0.25, 0.3) is 0 Å². The van der Waals surface area contributed by atoms with Gasteiger partial charge >= 0.3 is 0 Å². The third kappa shape index (κ3) is 8.77. The molecule has 144 valence electrons. The summed E-state index contributed by atoms with van der Waals surface area (Å²) >= 11 is 0. The van der Waals surface area contributed by atoms with Gasteiger partial charge in [-0.05, 0) is 0 Å². The van der Waals surface area contributed by atoms with Crippen molar-refractivity contribution >= 4 is 20.7 Å². The number of nitrogens with one attached hydrogen (secondary N) is 1. The van der Waals surface area contributed by atoms with Crippen molar-refractivity contribution in [1.29, 1.82) is 0 Å². The van der Waals surface area contributed by atoms with Crippen LogP contribution in [-0.4, -0.2) is 84.0 Å². The van der Waals surface area contributed by atoms with E-state index in [0.29, 0.717) is 0 Å². The topological polar surface area (TPSA) is 158 Å². The van der Waals surface area contributed by atoms with Gasteiger partial charge in [-0.1, -0.05) is 0 Å². The highest BCUT2D eigenvalue weighted by atomic mass is 31.2. The molecule has 0 radical (unpaired) electrons. The molecule has 12 heteroatoms. The Morgan fingerprint density at radius 3 is 2.32 bits per heavy atom. The van der Waals surface area contributed by atoms with Crippen LogP contribution in [-0.2, 0) is 23.8 Å². The number of amides is 2. The third-order valence-corrected chi connectivity index (χ3v) is 3.40. The quantitative estimate of drug-likeness (QED) is 0.0960. The molecule has 0 spiro atoms. The van der Waals surface area contributed by atoms with E-state index in [1.165, 1.54) is 32.4 Å². The number of rotatable bonds is 12. The second-order valence-electron chi connectivity index (χ2n) is 4.60. The highest BCUT2D eigenvalue weighted by Crippen LogP contribution is 2.35. The Hall–Kier alpha value is -1.75. The first kappa shape index (κ1) is 23.2. The maximum absolute atomic E-state index is 11.2. The number of carbonyl (C=O) groups excluding carboxylic acids is 2. The summed E-state index contributed by atoms with van der Waals surface area (Å²) in [4.78, 5) is 40.8. The van der Waals surface area contributed by atoms with Crippen molar-refractivity contribution in [2.24, 2.45) is 0 Å². The minimum absolute atomic E-state index is 0.00257. The molecule has 0 fully saturated rings. The lowest BCUT2D eigenvalue weighted by Crippen LogP contribution is -2.40. The zero-order valence-corrected chi connectivity index (χ0v) is 14.9. The highest BCUT2D eigenvalue weighted by molar-refractivity contribution is 7.49. The fourth-order valence-corrected chi connectivity index (χ4v) is 1.90. The predicted molar refractivity (Wildman–Crippen MR) is 87.2 cm³/mol. The van der Waals surface area contributed by atoms with E-state index in [9.17, 15) is 19.8 Å². The van der Waals surface area contributed by atoms with Gasteiger partial charge in [0, 0.05) is 33.5 Å². The average molecular weight is 382 g/mol. The van der Waals surface area contributed by atoms with Crippen LogP contribution in [0.2, 0.25) is 0 Å². The van der Waals surface area contributed by atoms with Crippen LogP contribution in [0.3, 0.4) is 0 Å². The third-order valence-electron chi connectivity index (χ3n) is 2.79. The SMILES string of the molecule is COCC(OC(COC)N(C)/C=C\C(=O)NC=O)/C(O)=C(\O)P(O)O. The van der Waals surface area contributed by atoms with Crippen LogP contribution in [0.1, 0.15) is 0 Å². The lowest BCUT2D eigenvalue weighted by atomic mass is 10.3. The minimum Gasteiger partial charge on any atom is -0.506 e. The van der Waals surface area contributed by atoms with E-state index >= 15 is 0 Å². The molecule has 0 bridgehead atoms. The van der Waals surface area contributed by atoms with E-state index in [4.69, 9.17) is 24.0 Å². The Balaban J connectivity index is 5.24. The van der Waals surface area contributed by atoms with Crippen molar-refractivity contribution in [3.05, 3.63) is 23.5 Å². The summed E-state index contributed by atoms with van der Waals surface area (Å²) in [6.07, 6.45) is 0.536. The zero-order chi connectivity index (χ0) is 19.4. The molecule has 0 saturated carbocycles. The van der Waals surface area contributed by atoms with Crippen LogP contribution in [0.15, 0.2) is 23.5 Å². The minimum atomic E-state index is -2.91. The van der Waals surface area contributed by atoms with Crippen LogP contribution in [0.5, 0.6) is 0 Å². The Kier molecular flexibility index (Phi) is 11.7. The van der Waals surface area contributed by atoms with Gasteiger partial charge in [0.15, 0.2) is 12.0 Å². The number of ether oxygens (including phenoxy) is 3. The van der Waals surface area contributed by atoms with Crippen LogP contribution in [0, 0.1) is 0 Å². The van der Waals surface area contributed by atoms with Crippen molar-refractivity contribution in [3.63, 3.8) is 0 Å². The molecule has 11 nitrogen and oxygen atoms in total. The van der Waals surface area contributed by atoms with Crippen LogP contribution in [0.4, 0.5) is 0 Å². The summed E-state index contributed by atoms with van der Waals surface area (Å²) in [6.45, 7) is -0.208. The number of carbonyl (C=O) groups is 2. The summed E-state index contributed by atoms with van der Waals surface area (Å²) in [5.74, 6) is -1.45. The number of hydrogen-bond donors (Lipinski definition) is 5. The van der Waals surface area contributed by atoms with Crippen molar-refractivity contribution < 1.29 is 43.8 Å². The number of imide groups is 1. The van der Waals surface area contributed by atoms with E-state index in [1.54, 1.807) is 0 Å². The number of methoxy groups -OCH3 is 2. The molecule has 0 heterocycles. The second kappa shape index (κ2) is 12.6. The summed E-state index contributed by atoms with van der Waals surface area (Å²) in [5.41, 5.74) is -1.02. The lowest BCUT2D eigenvalue weighted by molar-refractivity contribution is -0.123. The normalized spacial score (nSPS) is 15.0. The maximum atomic E-state index is 11.2. The second-order valence-corrected chi connectivity index (χ2v) is 5.60. The Morgan fingerprint density at radius 1 is 1.24 bits per heavy atom. The van der Waals surface area contributed by atoms with Gasteiger partial charge in [0.05, 0.1) is 13.2 Å². The molecule has 0 aliphatic carbocycles. The average Bonchev–Trinajstić information content (AvgIpc) is 2.57. The predicted octanol–water partition coefficient (Wildman–Crippen LogP) is -0.710. The van der Waals surface area contributed by atoms with Gasteiger partial charge in [0.1, 0.15) is 6.10 Å². The van der Waals surface area contributed by atoms with E-state index in [-0.39, 0.29) is 19.6 Å². The maximum Gasteiger partial charge on any atom is 0.251 e. The van der Waals surface area contributed by atoms with Gasteiger partial charge in [-0.2, -0.15) is 0 Å². The largest absolute Gasteiger partial charge is 0.506 e. The number of aliphatic hydroxyl groups is 2. The van der Waals surface area contributed by atoms with Crippen molar-refractivity contribution in [1.82, 2.24) is 10.2 Å². The first-order valence-corrected chi connectivity index (χ1v) is 8.10. The molecule has 0 aromatic carbocycles. The van der Waals surface area contributed by atoms with E-state index in [1.807, 2.05) is 5.32 Å². The Morgan fingerprint density at radius 2 is 1.84 bits per heavy atom. The van der Waals surface area contributed by atoms with Crippen molar-refractivity contribution in [3.8, 4) is 0 Å².